The molecule has 4 rings (SSSR count). The third-order valence-electron chi connectivity index (χ3n) is 5.46. The molecule has 7 heteroatoms. The van der Waals surface area contributed by atoms with E-state index in [1.807, 2.05) is 56.3 Å². The number of hydrogen-bond donors (Lipinski definition) is 1. The van der Waals surface area contributed by atoms with Gasteiger partial charge >= 0.3 is 0 Å². The zero-order valence-corrected chi connectivity index (χ0v) is 19.4. The van der Waals surface area contributed by atoms with Crippen LogP contribution in [-0.4, -0.2) is 18.9 Å². The average molecular weight is 467 g/mol. The number of nitrogens with one attached hydrogen (secondary N) is 1. The number of anilines is 1. The molecule has 1 aromatic heterocycles. The van der Waals surface area contributed by atoms with E-state index in [2.05, 4.69) is 5.32 Å². The Morgan fingerprint density at radius 3 is 2.44 bits per heavy atom. The SMILES string of the molecule is Cc1ccc(NC(=O)Cn2cc(S(=O)(=O)Cc3ccccc3C)c3ccccc32)cc1Cl. The molecule has 1 heterocycles. The number of sulfone groups is 1. The first-order valence-corrected chi connectivity index (χ1v) is 12.2. The molecular formula is C25H23ClN2O3S. The van der Waals surface area contributed by atoms with Crippen molar-refractivity contribution in [2.75, 3.05) is 5.32 Å². The van der Waals surface area contributed by atoms with Crippen molar-refractivity contribution < 1.29 is 13.2 Å². The molecule has 164 valence electrons. The number of carbonyl (C=O) groups excluding carboxylic acids is 1. The Bertz CT molecular complexity index is 1420. The van der Waals surface area contributed by atoms with Gasteiger partial charge in [0.05, 0.1) is 10.6 Å². The van der Waals surface area contributed by atoms with Crippen molar-refractivity contribution in [2.45, 2.75) is 31.0 Å². The highest BCUT2D eigenvalue weighted by Gasteiger charge is 2.23. The normalized spacial score (nSPS) is 11.6. The maximum atomic E-state index is 13.3. The van der Waals surface area contributed by atoms with Crippen molar-refractivity contribution in [2.24, 2.45) is 0 Å². The molecule has 0 aliphatic rings. The van der Waals surface area contributed by atoms with Crippen molar-refractivity contribution in [3.8, 4) is 0 Å². The van der Waals surface area contributed by atoms with Crippen molar-refractivity contribution in [3.05, 3.63) is 94.6 Å². The van der Waals surface area contributed by atoms with E-state index in [1.54, 1.807) is 35.0 Å². The number of nitrogens with zero attached hydrogens (tertiary/aromatic N) is 1. The molecule has 1 N–H and O–H groups in total. The lowest BCUT2D eigenvalue weighted by Gasteiger charge is -2.08. The van der Waals surface area contributed by atoms with E-state index >= 15 is 0 Å². The van der Waals surface area contributed by atoms with Gasteiger partial charge in [-0.1, -0.05) is 60.1 Å². The van der Waals surface area contributed by atoms with E-state index in [9.17, 15) is 13.2 Å². The van der Waals surface area contributed by atoms with Crippen LogP contribution in [-0.2, 0) is 26.9 Å². The van der Waals surface area contributed by atoms with E-state index < -0.39 is 9.84 Å². The summed E-state index contributed by atoms with van der Waals surface area (Å²) in [6, 6.07) is 20.0. The number of rotatable bonds is 6. The van der Waals surface area contributed by atoms with Crippen LogP contribution in [0.1, 0.15) is 16.7 Å². The number of benzene rings is 3. The Hall–Kier alpha value is -3.09. The number of para-hydroxylation sites is 1. The van der Waals surface area contributed by atoms with Gasteiger partial charge in [-0.25, -0.2) is 8.42 Å². The van der Waals surface area contributed by atoms with Gasteiger partial charge in [0.2, 0.25) is 5.91 Å². The monoisotopic (exact) mass is 466 g/mol. The number of fused-ring (bicyclic) bond motifs is 1. The van der Waals surface area contributed by atoms with Crippen LogP contribution in [0.5, 0.6) is 0 Å². The molecule has 0 spiro atoms. The lowest BCUT2D eigenvalue weighted by atomic mass is 10.1. The minimum absolute atomic E-state index is 0.0219. The van der Waals surface area contributed by atoms with Crippen LogP contribution in [0.25, 0.3) is 10.9 Å². The van der Waals surface area contributed by atoms with Crippen molar-refractivity contribution in [1.82, 2.24) is 4.57 Å². The maximum absolute atomic E-state index is 13.3. The highest BCUT2D eigenvalue weighted by Crippen LogP contribution is 2.29. The predicted molar refractivity (Wildman–Crippen MR) is 129 cm³/mol. The fourth-order valence-electron chi connectivity index (χ4n) is 3.67. The van der Waals surface area contributed by atoms with E-state index in [4.69, 9.17) is 11.6 Å². The molecule has 0 aliphatic heterocycles. The van der Waals surface area contributed by atoms with Gasteiger partial charge in [0, 0.05) is 27.8 Å². The molecule has 32 heavy (non-hydrogen) atoms. The lowest BCUT2D eigenvalue weighted by molar-refractivity contribution is -0.116. The van der Waals surface area contributed by atoms with Gasteiger partial charge in [-0.15, -0.1) is 0 Å². The molecule has 0 atom stereocenters. The second kappa shape index (κ2) is 8.81. The molecule has 0 radical (unpaired) electrons. The number of amides is 1. The number of halogens is 1. The van der Waals surface area contributed by atoms with Gasteiger partial charge in [0.15, 0.2) is 9.84 Å². The quantitative estimate of drug-likeness (QED) is 0.406. The Morgan fingerprint density at radius 2 is 1.69 bits per heavy atom. The zero-order chi connectivity index (χ0) is 22.9. The Balaban J connectivity index is 1.64. The van der Waals surface area contributed by atoms with Crippen LogP contribution in [0.15, 0.2) is 77.8 Å². The summed E-state index contributed by atoms with van der Waals surface area (Å²) in [6.07, 6.45) is 1.56. The minimum Gasteiger partial charge on any atom is -0.337 e. The van der Waals surface area contributed by atoms with Gasteiger partial charge < -0.3 is 9.88 Å². The number of aromatic nitrogens is 1. The first-order chi connectivity index (χ1) is 15.2. The van der Waals surface area contributed by atoms with E-state index in [-0.39, 0.29) is 23.1 Å². The fourth-order valence-corrected chi connectivity index (χ4v) is 5.54. The van der Waals surface area contributed by atoms with Gasteiger partial charge in [-0.05, 0) is 48.7 Å². The highest BCUT2D eigenvalue weighted by molar-refractivity contribution is 7.90. The smallest absolute Gasteiger partial charge is 0.244 e. The summed E-state index contributed by atoms with van der Waals surface area (Å²) >= 11 is 6.14. The molecule has 0 bridgehead atoms. The number of hydrogen-bond acceptors (Lipinski definition) is 3. The standard InChI is InChI=1S/C25H23ClN2O3S/c1-17-7-3-4-8-19(17)16-32(30,31)24-14-28(23-10-6-5-9-21(23)24)15-25(29)27-20-12-11-18(2)22(26)13-20/h3-14H,15-16H2,1-2H3,(H,27,29). The molecule has 3 aromatic carbocycles. The zero-order valence-electron chi connectivity index (χ0n) is 17.8. The third-order valence-corrected chi connectivity index (χ3v) is 7.56. The Kier molecular flexibility index (Phi) is 6.09. The van der Waals surface area contributed by atoms with Crippen LogP contribution in [0, 0.1) is 13.8 Å². The molecule has 1 amide bonds. The van der Waals surface area contributed by atoms with Crippen molar-refractivity contribution >= 4 is 43.9 Å². The van der Waals surface area contributed by atoms with Crippen LogP contribution in [0.4, 0.5) is 5.69 Å². The van der Waals surface area contributed by atoms with Gasteiger partial charge in [-0.3, -0.25) is 4.79 Å². The molecule has 4 aromatic rings. The van der Waals surface area contributed by atoms with Crippen LogP contribution in [0.3, 0.4) is 0 Å². The lowest BCUT2D eigenvalue weighted by Crippen LogP contribution is -2.18. The summed E-state index contributed by atoms with van der Waals surface area (Å²) in [6.45, 7) is 3.76. The second-order valence-electron chi connectivity index (χ2n) is 7.84. The van der Waals surface area contributed by atoms with Crippen LogP contribution < -0.4 is 5.32 Å². The minimum atomic E-state index is -3.62. The molecule has 0 saturated heterocycles. The molecule has 0 unspecified atom stereocenters. The summed E-state index contributed by atoms with van der Waals surface area (Å²) in [7, 11) is -3.62. The maximum Gasteiger partial charge on any atom is 0.244 e. The highest BCUT2D eigenvalue weighted by atomic mass is 35.5. The van der Waals surface area contributed by atoms with E-state index in [0.29, 0.717) is 21.6 Å². The summed E-state index contributed by atoms with van der Waals surface area (Å²) in [5.41, 5.74) is 3.89. The van der Waals surface area contributed by atoms with Gasteiger partial charge in [-0.2, -0.15) is 0 Å². The fraction of sp³-hybridized carbons (Fsp3) is 0.160. The van der Waals surface area contributed by atoms with Crippen LogP contribution in [0.2, 0.25) is 5.02 Å². The summed E-state index contributed by atoms with van der Waals surface area (Å²) in [5, 5.41) is 4.00. The second-order valence-corrected chi connectivity index (χ2v) is 10.2. The number of carbonyl (C=O) groups is 1. The van der Waals surface area contributed by atoms with Crippen molar-refractivity contribution in [1.29, 1.82) is 0 Å². The Labute approximate surface area is 192 Å². The third kappa shape index (κ3) is 4.56. The van der Waals surface area contributed by atoms with E-state index in [0.717, 1.165) is 16.7 Å². The Morgan fingerprint density at radius 1 is 0.969 bits per heavy atom. The first kappa shape index (κ1) is 22.1. The molecule has 0 aliphatic carbocycles. The molecule has 0 saturated carbocycles. The number of aryl methyl sites for hydroxylation is 2. The molecular weight excluding hydrogens is 444 g/mol. The summed E-state index contributed by atoms with van der Waals surface area (Å²) in [4.78, 5) is 12.9. The van der Waals surface area contributed by atoms with Crippen molar-refractivity contribution in [3.63, 3.8) is 0 Å². The first-order valence-electron chi connectivity index (χ1n) is 10.2. The van der Waals surface area contributed by atoms with E-state index in [1.165, 1.54) is 0 Å². The average Bonchev–Trinajstić information content (AvgIpc) is 3.12. The summed E-state index contributed by atoms with van der Waals surface area (Å²) in [5.74, 6) is -0.365. The van der Waals surface area contributed by atoms with Gasteiger partial charge in [0.1, 0.15) is 6.54 Å². The summed E-state index contributed by atoms with van der Waals surface area (Å²) < 4.78 is 28.3. The topological polar surface area (TPSA) is 68.2 Å². The molecule has 0 fully saturated rings. The largest absolute Gasteiger partial charge is 0.337 e. The molecule has 5 nitrogen and oxygen atoms in total. The van der Waals surface area contributed by atoms with Crippen LogP contribution >= 0.6 is 11.6 Å². The van der Waals surface area contributed by atoms with Gasteiger partial charge in [0.25, 0.3) is 0 Å². The predicted octanol–water partition coefficient (Wildman–Crippen LogP) is 5.52.